The minimum atomic E-state index is -4.91. The molecule has 1 aromatic carbocycles. The number of sulfonamides is 1. The van der Waals surface area contributed by atoms with Crippen LogP contribution in [0.5, 0.6) is 5.75 Å². The maximum Gasteiger partial charge on any atom is 0.484 e. The lowest BCUT2D eigenvalue weighted by Crippen LogP contribution is -2.56. The molecule has 7 nitrogen and oxygen atoms in total. The normalized spacial score (nSPS) is 21.1. The first-order valence-corrected chi connectivity index (χ1v) is 11.3. The smallest absolute Gasteiger partial charge is 0.484 e. The number of hydrogen-bond acceptors (Lipinski definition) is 5. The summed E-state index contributed by atoms with van der Waals surface area (Å²) in [4.78, 5) is 12.0. The number of fused-ring (bicyclic) bond motifs is 1. The molecule has 0 bridgehead atoms. The molecule has 0 radical (unpaired) electrons. The van der Waals surface area contributed by atoms with E-state index in [4.69, 9.17) is 4.74 Å². The number of benzene rings is 1. The quantitative estimate of drug-likeness (QED) is 0.620. The first kappa shape index (κ1) is 24.4. The molecular weight excluding hydrogens is 425 g/mol. The Morgan fingerprint density at radius 3 is 2.37 bits per heavy atom. The standard InChI is InChI=1S/C19H27F3N2O5S/c1-5-10-30(27,28)24(4)15-13-11-12(17(26)23-19(20,21)22)8-9-14(13)29-18(6-2,7-3)16(15)25/h8-9,11,15-16,25H,5-7,10H2,1-4H3,(H,23,26)/t15-,16+/m0/s1. The van der Waals surface area contributed by atoms with Gasteiger partial charge in [0.25, 0.3) is 5.91 Å². The van der Waals surface area contributed by atoms with Crippen LogP contribution in [0.3, 0.4) is 0 Å². The largest absolute Gasteiger partial charge is 0.484 e. The van der Waals surface area contributed by atoms with E-state index in [0.717, 1.165) is 15.7 Å². The molecule has 170 valence electrons. The van der Waals surface area contributed by atoms with Gasteiger partial charge in [-0.3, -0.25) is 10.1 Å². The van der Waals surface area contributed by atoms with Gasteiger partial charge in [0, 0.05) is 18.2 Å². The predicted molar refractivity (Wildman–Crippen MR) is 104 cm³/mol. The van der Waals surface area contributed by atoms with E-state index in [1.807, 2.05) is 0 Å². The summed E-state index contributed by atoms with van der Waals surface area (Å²) in [5.41, 5.74) is -1.27. The van der Waals surface area contributed by atoms with Crippen molar-refractivity contribution in [3.63, 3.8) is 0 Å². The second kappa shape index (κ2) is 8.72. The minimum absolute atomic E-state index is 0.136. The first-order chi connectivity index (χ1) is 13.8. The van der Waals surface area contributed by atoms with Gasteiger partial charge in [0.2, 0.25) is 10.0 Å². The average Bonchev–Trinajstić information content (AvgIpc) is 2.65. The molecule has 1 heterocycles. The number of alkyl halides is 3. The topological polar surface area (TPSA) is 95.9 Å². The predicted octanol–water partition coefficient (Wildman–Crippen LogP) is 2.96. The zero-order chi connectivity index (χ0) is 22.9. The van der Waals surface area contributed by atoms with E-state index >= 15 is 0 Å². The van der Waals surface area contributed by atoms with Gasteiger partial charge in [0.05, 0.1) is 11.8 Å². The maximum absolute atomic E-state index is 12.7. The van der Waals surface area contributed by atoms with Crippen LogP contribution in [0.4, 0.5) is 13.2 Å². The molecule has 0 unspecified atom stereocenters. The van der Waals surface area contributed by atoms with Gasteiger partial charge in [-0.1, -0.05) is 20.8 Å². The summed E-state index contributed by atoms with van der Waals surface area (Å²) in [7, 11) is -2.46. The van der Waals surface area contributed by atoms with Crippen molar-refractivity contribution in [1.29, 1.82) is 0 Å². The number of nitrogens with one attached hydrogen (secondary N) is 1. The van der Waals surface area contributed by atoms with Crippen molar-refractivity contribution < 1.29 is 36.2 Å². The Morgan fingerprint density at radius 1 is 1.27 bits per heavy atom. The summed E-state index contributed by atoms with van der Waals surface area (Å²) in [6.07, 6.45) is -5.11. The zero-order valence-electron chi connectivity index (χ0n) is 17.3. The third-order valence-electron chi connectivity index (χ3n) is 5.49. The van der Waals surface area contributed by atoms with Gasteiger partial charge in [0.1, 0.15) is 17.5 Å². The van der Waals surface area contributed by atoms with Gasteiger partial charge in [-0.05, 0) is 37.5 Å². The van der Waals surface area contributed by atoms with E-state index in [9.17, 15) is 31.5 Å². The van der Waals surface area contributed by atoms with Crippen molar-refractivity contribution in [2.24, 2.45) is 0 Å². The van der Waals surface area contributed by atoms with Gasteiger partial charge in [-0.15, -0.1) is 0 Å². The molecule has 2 N–H and O–H groups in total. The Bertz CT molecular complexity index is 885. The third-order valence-corrected chi connectivity index (χ3v) is 7.52. The number of aliphatic hydroxyl groups excluding tert-OH is 1. The molecule has 0 aliphatic carbocycles. The van der Waals surface area contributed by atoms with Gasteiger partial charge < -0.3 is 9.84 Å². The molecule has 1 aliphatic rings. The summed E-state index contributed by atoms with van der Waals surface area (Å²) in [5, 5.41) is 12.0. The number of carbonyl (C=O) groups is 1. The van der Waals surface area contributed by atoms with Gasteiger partial charge in [-0.2, -0.15) is 17.5 Å². The van der Waals surface area contributed by atoms with Crippen molar-refractivity contribution in [3.8, 4) is 5.75 Å². The molecule has 11 heteroatoms. The summed E-state index contributed by atoms with van der Waals surface area (Å²) >= 11 is 0. The number of amides is 1. The van der Waals surface area contributed by atoms with E-state index in [1.54, 1.807) is 20.8 Å². The fraction of sp³-hybridized carbons (Fsp3) is 0.632. The van der Waals surface area contributed by atoms with Crippen LogP contribution in [0.15, 0.2) is 18.2 Å². The highest BCUT2D eigenvalue weighted by atomic mass is 32.2. The summed E-state index contributed by atoms with van der Waals surface area (Å²) < 4.78 is 70.1. The average molecular weight is 452 g/mol. The van der Waals surface area contributed by atoms with Gasteiger partial charge in [0.15, 0.2) is 0 Å². The highest BCUT2D eigenvalue weighted by Gasteiger charge is 2.50. The fourth-order valence-corrected chi connectivity index (χ4v) is 5.11. The Kier molecular flexibility index (Phi) is 7.10. The second-order valence-corrected chi connectivity index (χ2v) is 9.45. The van der Waals surface area contributed by atoms with Crippen LogP contribution in [0.1, 0.15) is 62.0 Å². The number of nitrogens with zero attached hydrogens (tertiary/aromatic N) is 1. The van der Waals surface area contributed by atoms with Crippen molar-refractivity contribution in [2.75, 3.05) is 12.8 Å². The van der Waals surface area contributed by atoms with Crippen molar-refractivity contribution >= 4 is 15.9 Å². The molecular formula is C19H27F3N2O5S. The molecule has 0 saturated heterocycles. The molecule has 1 aliphatic heterocycles. The Morgan fingerprint density at radius 2 is 1.87 bits per heavy atom. The number of halogens is 3. The molecule has 0 saturated carbocycles. The van der Waals surface area contributed by atoms with Crippen molar-refractivity contribution in [1.82, 2.24) is 9.62 Å². The highest BCUT2D eigenvalue weighted by Crippen LogP contribution is 2.46. The SMILES string of the molecule is CCCS(=O)(=O)N(C)[C@H]1c2cc(C(=O)NC(F)(F)F)ccc2OC(CC)(CC)[C@@H]1O. The second-order valence-electron chi connectivity index (χ2n) is 7.30. The minimum Gasteiger partial charge on any atom is -0.484 e. The van der Waals surface area contributed by atoms with E-state index < -0.39 is 40.0 Å². The number of hydrogen-bond donors (Lipinski definition) is 2. The van der Waals surface area contributed by atoms with Crippen LogP contribution in [0.25, 0.3) is 0 Å². The molecule has 2 rings (SSSR count). The summed E-state index contributed by atoms with van der Waals surface area (Å²) in [6, 6.07) is 2.52. The molecule has 2 atom stereocenters. The number of rotatable bonds is 7. The van der Waals surface area contributed by atoms with E-state index in [0.29, 0.717) is 19.3 Å². The Balaban J connectivity index is 2.62. The van der Waals surface area contributed by atoms with Crippen molar-refractivity contribution in [2.45, 2.75) is 64.1 Å². The number of aliphatic hydroxyl groups is 1. The first-order valence-electron chi connectivity index (χ1n) is 9.67. The number of carbonyl (C=O) groups excluding carboxylic acids is 1. The van der Waals surface area contributed by atoms with Crippen LogP contribution in [0, 0.1) is 0 Å². The van der Waals surface area contributed by atoms with E-state index in [1.165, 1.54) is 19.2 Å². The van der Waals surface area contributed by atoms with Gasteiger partial charge >= 0.3 is 6.30 Å². The van der Waals surface area contributed by atoms with E-state index in [-0.39, 0.29) is 22.6 Å². The van der Waals surface area contributed by atoms with E-state index in [2.05, 4.69) is 0 Å². The number of ether oxygens (including phenoxy) is 1. The van der Waals surface area contributed by atoms with Crippen LogP contribution < -0.4 is 10.1 Å². The molecule has 0 fully saturated rings. The Hall–Kier alpha value is -1.85. The summed E-state index contributed by atoms with van der Waals surface area (Å²) in [5.74, 6) is -1.33. The van der Waals surface area contributed by atoms with Crippen LogP contribution in [0.2, 0.25) is 0 Å². The molecule has 1 aromatic rings. The van der Waals surface area contributed by atoms with Crippen LogP contribution in [-0.2, 0) is 10.0 Å². The Labute approximate surface area is 174 Å². The van der Waals surface area contributed by atoms with Crippen LogP contribution >= 0.6 is 0 Å². The third kappa shape index (κ3) is 4.73. The lowest BCUT2D eigenvalue weighted by molar-refractivity contribution is -0.146. The maximum atomic E-state index is 12.7. The molecule has 1 amide bonds. The lowest BCUT2D eigenvalue weighted by Gasteiger charge is -2.47. The molecule has 30 heavy (non-hydrogen) atoms. The molecule has 0 aromatic heterocycles. The fourth-order valence-electron chi connectivity index (χ4n) is 3.73. The van der Waals surface area contributed by atoms with Gasteiger partial charge in [-0.25, -0.2) is 8.42 Å². The monoisotopic (exact) mass is 452 g/mol. The van der Waals surface area contributed by atoms with Crippen LogP contribution in [-0.4, -0.2) is 54.5 Å². The zero-order valence-corrected chi connectivity index (χ0v) is 18.1. The summed E-state index contributed by atoms with van der Waals surface area (Å²) in [6.45, 7) is 5.28. The lowest BCUT2D eigenvalue weighted by atomic mass is 9.80. The molecule has 0 spiro atoms. The van der Waals surface area contributed by atoms with Crippen molar-refractivity contribution in [3.05, 3.63) is 29.3 Å². The highest BCUT2D eigenvalue weighted by molar-refractivity contribution is 7.89. The number of likely N-dealkylation sites (N-methyl/N-ethyl adjacent to an activating group) is 1.